The highest BCUT2D eigenvalue weighted by Gasteiger charge is 2.30. The van der Waals surface area contributed by atoms with Crippen molar-refractivity contribution < 1.29 is 45.4 Å². The molecule has 0 aromatic carbocycles. The van der Waals surface area contributed by atoms with E-state index in [-0.39, 0.29) is 12.8 Å². The molecule has 0 unspecified atom stereocenters. The first-order chi connectivity index (χ1) is 11.0. The van der Waals surface area contributed by atoms with E-state index in [1.54, 1.807) is 0 Å². The number of alkyl halides is 6. The minimum Gasteiger partial charge on any atom is -0.456 e. The van der Waals surface area contributed by atoms with Crippen molar-refractivity contribution in [3.8, 4) is 0 Å². The fourth-order valence-electron chi connectivity index (χ4n) is 1.14. The zero-order valence-corrected chi connectivity index (χ0v) is 14.0. The van der Waals surface area contributed by atoms with E-state index < -0.39 is 37.5 Å². The van der Waals surface area contributed by atoms with Crippen molar-refractivity contribution in [2.24, 2.45) is 0 Å². The van der Waals surface area contributed by atoms with Gasteiger partial charge in [-0.05, 0) is 12.8 Å². The van der Waals surface area contributed by atoms with Crippen molar-refractivity contribution in [3.05, 3.63) is 0 Å². The summed E-state index contributed by atoms with van der Waals surface area (Å²) < 4.78 is 78.6. The molecule has 0 radical (unpaired) electrons. The Morgan fingerprint density at radius 3 is 1.33 bits per heavy atom. The third-order valence-corrected chi connectivity index (χ3v) is 4.67. The van der Waals surface area contributed by atoms with Gasteiger partial charge in [-0.3, -0.25) is 9.59 Å². The molecule has 0 spiro atoms. The van der Waals surface area contributed by atoms with Crippen molar-refractivity contribution in [3.63, 3.8) is 0 Å². The summed E-state index contributed by atoms with van der Waals surface area (Å²) in [4.78, 5) is 21.9. The molecule has 0 amide bonds. The van der Waals surface area contributed by atoms with Gasteiger partial charge in [-0.2, -0.15) is 26.3 Å². The number of hydrogen-bond acceptors (Lipinski definition) is 6. The quantitative estimate of drug-likeness (QED) is 0.224. The SMILES string of the molecule is O=C(CCCSSCCCC(=O)OCC(F)(F)F)OCC(F)(F)F. The van der Waals surface area contributed by atoms with E-state index in [0.717, 1.165) is 0 Å². The van der Waals surface area contributed by atoms with Gasteiger partial charge in [0.05, 0.1) is 0 Å². The fourth-order valence-corrected chi connectivity index (χ4v) is 3.31. The van der Waals surface area contributed by atoms with Crippen LogP contribution >= 0.6 is 21.6 Å². The molecule has 142 valence electrons. The molecule has 0 aliphatic heterocycles. The van der Waals surface area contributed by atoms with Crippen LogP contribution in [0.3, 0.4) is 0 Å². The third kappa shape index (κ3) is 17.6. The van der Waals surface area contributed by atoms with Crippen LogP contribution in [-0.4, -0.2) is 49.0 Å². The highest BCUT2D eigenvalue weighted by molar-refractivity contribution is 8.76. The summed E-state index contributed by atoms with van der Waals surface area (Å²) in [7, 11) is 2.69. The maximum absolute atomic E-state index is 11.8. The fraction of sp³-hybridized carbons (Fsp3) is 0.833. The van der Waals surface area contributed by atoms with Gasteiger partial charge >= 0.3 is 24.3 Å². The number of hydrogen-bond donors (Lipinski definition) is 0. The van der Waals surface area contributed by atoms with Crippen LogP contribution in [0.1, 0.15) is 25.7 Å². The molecule has 0 heterocycles. The van der Waals surface area contributed by atoms with Crippen LogP contribution < -0.4 is 0 Å². The zero-order valence-electron chi connectivity index (χ0n) is 12.4. The second kappa shape index (κ2) is 11.7. The van der Waals surface area contributed by atoms with Crippen LogP contribution in [0.25, 0.3) is 0 Å². The van der Waals surface area contributed by atoms with Gasteiger partial charge in [0.25, 0.3) is 0 Å². The van der Waals surface area contributed by atoms with Crippen LogP contribution in [0.15, 0.2) is 0 Å². The van der Waals surface area contributed by atoms with E-state index in [9.17, 15) is 35.9 Å². The Balaban J connectivity index is 3.42. The summed E-state index contributed by atoms with van der Waals surface area (Å²) in [6.45, 7) is -3.20. The second-order valence-electron chi connectivity index (χ2n) is 4.40. The predicted octanol–water partition coefficient (Wildman–Crippen LogP) is 4.14. The van der Waals surface area contributed by atoms with Gasteiger partial charge in [0.2, 0.25) is 0 Å². The average molecular weight is 402 g/mol. The standard InChI is InChI=1S/C12H16F6O4S2/c13-11(14,15)7-21-9(19)3-1-5-23-24-6-2-4-10(20)22-8-12(16,17)18/h1-8H2. The Kier molecular flexibility index (Phi) is 11.3. The van der Waals surface area contributed by atoms with Crippen LogP contribution in [0, 0.1) is 0 Å². The molecule has 0 atom stereocenters. The minimum atomic E-state index is -4.54. The van der Waals surface area contributed by atoms with Crippen molar-refractivity contribution in [2.75, 3.05) is 24.7 Å². The summed E-state index contributed by atoms with van der Waals surface area (Å²) in [5.74, 6) is -0.870. The summed E-state index contributed by atoms with van der Waals surface area (Å²) in [6, 6.07) is 0. The normalized spacial score (nSPS) is 12.1. The number of ether oxygens (including phenoxy) is 2. The lowest BCUT2D eigenvalue weighted by Crippen LogP contribution is -2.20. The van der Waals surface area contributed by atoms with E-state index in [2.05, 4.69) is 9.47 Å². The molecule has 0 N–H and O–H groups in total. The first-order valence-electron chi connectivity index (χ1n) is 6.69. The Bertz CT molecular complexity index is 351. The molecule has 0 rings (SSSR count). The summed E-state index contributed by atoms with van der Waals surface area (Å²) >= 11 is 0. The summed E-state index contributed by atoms with van der Waals surface area (Å²) in [5.41, 5.74) is 0. The van der Waals surface area contributed by atoms with E-state index in [1.807, 2.05) is 0 Å². The topological polar surface area (TPSA) is 52.6 Å². The number of halogens is 6. The Morgan fingerprint density at radius 1 is 0.708 bits per heavy atom. The lowest BCUT2D eigenvalue weighted by molar-refractivity contribution is -0.186. The molecule has 0 fully saturated rings. The number of rotatable bonds is 11. The molecular formula is C12H16F6O4S2. The molecule has 0 saturated heterocycles. The molecule has 0 aliphatic rings. The van der Waals surface area contributed by atoms with Crippen molar-refractivity contribution in [1.82, 2.24) is 0 Å². The summed E-state index contributed by atoms with van der Waals surface area (Å²) in [5, 5.41) is 0. The first kappa shape index (κ1) is 23.2. The van der Waals surface area contributed by atoms with Crippen molar-refractivity contribution in [1.29, 1.82) is 0 Å². The smallest absolute Gasteiger partial charge is 0.422 e. The highest BCUT2D eigenvalue weighted by Crippen LogP contribution is 2.24. The first-order valence-corrected chi connectivity index (χ1v) is 9.17. The molecular weight excluding hydrogens is 386 g/mol. The number of esters is 2. The van der Waals surface area contributed by atoms with Crippen LogP contribution in [0.2, 0.25) is 0 Å². The second-order valence-corrected chi connectivity index (χ2v) is 7.10. The van der Waals surface area contributed by atoms with Gasteiger partial charge in [0.1, 0.15) is 0 Å². The van der Waals surface area contributed by atoms with E-state index in [4.69, 9.17) is 0 Å². The van der Waals surface area contributed by atoms with Gasteiger partial charge in [-0.15, -0.1) is 0 Å². The minimum absolute atomic E-state index is 0.132. The molecule has 0 saturated carbocycles. The van der Waals surface area contributed by atoms with Gasteiger partial charge in [-0.1, -0.05) is 21.6 Å². The number of carbonyl (C=O) groups is 2. The monoisotopic (exact) mass is 402 g/mol. The molecule has 24 heavy (non-hydrogen) atoms. The van der Waals surface area contributed by atoms with Crippen molar-refractivity contribution in [2.45, 2.75) is 38.0 Å². The molecule has 0 aromatic heterocycles. The molecule has 0 aliphatic carbocycles. The largest absolute Gasteiger partial charge is 0.456 e. The highest BCUT2D eigenvalue weighted by atomic mass is 33.1. The van der Waals surface area contributed by atoms with Gasteiger partial charge < -0.3 is 9.47 Å². The molecule has 4 nitrogen and oxygen atoms in total. The van der Waals surface area contributed by atoms with Gasteiger partial charge in [0.15, 0.2) is 13.2 Å². The lowest BCUT2D eigenvalue weighted by Gasteiger charge is -2.08. The Morgan fingerprint density at radius 2 is 1.04 bits per heavy atom. The molecule has 0 bridgehead atoms. The number of carbonyl (C=O) groups excluding carboxylic acids is 2. The predicted molar refractivity (Wildman–Crippen MR) is 77.4 cm³/mol. The average Bonchev–Trinajstić information content (AvgIpc) is 2.44. The Labute approximate surface area is 142 Å². The van der Waals surface area contributed by atoms with E-state index in [0.29, 0.717) is 24.3 Å². The van der Waals surface area contributed by atoms with Crippen LogP contribution in [0.5, 0.6) is 0 Å². The van der Waals surface area contributed by atoms with Crippen molar-refractivity contribution >= 4 is 33.5 Å². The van der Waals surface area contributed by atoms with E-state index >= 15 is 0 Å². The van der Waals surface area contributed by atoms with Gasteiger partial charge in [0, 0.05) is 24.3 Å². The molecule has 0 aromatic rings. The third-order valence-electron chi connectivity index (χ3n) is 2.09. The summed E-state index contributed by atoms with van der Waals surface area (Å²) in [6.07, 6.45) is -8.67. The maximum atomic E-state index is 11.8. The van der Waals surface area contributed by atoms with E-state index in [1.165, 1.54) is 21.6 Å². The molecule has 12 heteroatoms. The van der Waals surface area contributed by atoms with Crippen LogP contribution in [-0.2, 0) is 19.1 Å². The maximum Gasteiger partial charge on any atom is 0.422 e. The van der Waals surface area contributed by atoms with Crippen LogP contribution in [0.4, 0.5) is 26.3 Å². The van der Waals surface area contributed by atoms with Gasteiger partial charge in [-0.25, -0.2) is 0 Å². The Hall–Kier alpha value is -0.780. The zero-order chi connectivity index (χ0) is 18.6. The lowest BCUT2D eigenvalue weighted by atomic mass is 10.3.